The molecule has 0 bridgehead atoms. The van der Waals surface area contributed by atoms with Crippen molar-refractivity contribution >= 4 is 17.5 Å². The summed E-state index contributed by atoms with van der Waals surface area (Å²) in [5.41, 5.74) is 2.48. The van der Waals surface area contributed by atoms with Crippen molar-refractivity contribution < 1.29 is 9.59 Å². The molecule has 2 aliphatic heterocycles. The zero-order valence-electron chi connectivity index (χ0n) is 18.3. The number of carbonyl (C=O) groups is 2. The molecular formula is C25H32N4O2. The maximum atomic E-state index is 13.2. The summed E-state index contributed by atoms with van der Waals surface area (Å²) >= 11 is 0. The van der Waals surface area contributed by atoms with E-state index in [9.17, 15) is 9.59 Å². The van der Waals surface area contributed by atoms with Crippen molar-refractivity contribution in [3.63, 3.8) is 0 Å². The van der Waals surface area contributed by atoms with Crippen LogP contribution in [0.25, 0.3) is 0 Å². The lowest BCUT2D eigenvalue weighted by Crippen LogP contribution is -2.49. The number of para-hydroxylation sites is 1. The molecule has 1 unspecified atom stereocenters. The van der Waals surface area contributed by atoms with Crippen LogP contribution in [0.3, 0.4) is 0 Å². The van der Waals surface area contributed by atoms with Gasteiger partial charge in [0.25, 0.3) is 5.91 Å². The summed E-state index contributed by atoms with van der Waals surface area (Å²) in [6.45, 7) is 9.39. The summed E-state index contributed by atoms with van der Waals surface area (Å²) in [5.74, 6) is -0.198. The van der Waals surface area contributed by atoms with Gasteiger partial charge < -0.3 is 15.1 Å². The van der Waals surface area contributed by atoms with Gasteiger partial charge in [-0.15, -0.1) is 0 Å². The molecule has 164 valence electrons. The number of hydrogen-bond donors (Lipinski definition) is 1. The van der Waals surface area contributed by atoms with Crippen molar-refractivity contribution in [1.29, 1.82) is 0 Å². The molecular weight excluding hydrogens is 388 g/mol. The molecule has 0 aromatic heterocycles. The van der Waals surface area contributed by atoms with Crippen molar-refractivity contribution in [3.8, 4) is 0 Å². The smallest absolute Gasteiger partial charge is 0.259 e. The van der Waals surface area contributed by atoms with E-state index in [1.165, 1.54) is 0 Å². The second-order valence-electron chi connectivity index (χ2n) is 8.31. The summed E-state index contributed by atoms with van der Waals surface area (Å²) in [6, 6.07) is 16.5. The standard InChI is InChI=1S/C25H32N4O2/c1-2-27-15-17-28(18-16-27)14-8-13-26-24(30)23-19-21-11-6-7-12-22(21)29(23)25(31)20-9-4-3-5-10-20/h3-7,9-12,23H,2,8,13-19H2,1H3,(H,26,30). The first-order chi connectivity index (χ1) is 15.2. The van der Waals surface area contributed by atoms with Crippen molar-refractivity contribution in [1.82, 2.24) is 15.1 Å². The number of likely N-dealkylation sites (N-methyl/N-ethyl adjacent to an activating group) is 1. The Morgan fingerprint density at radius 3 is 2.35 bits per heavy atom. The quantitative estimate of drug-likeness (QED) is 0.699. The zero-order valence-corrected chi connectivity index (χ0v) is 18.3. The first-order valence-corrected chi connectivity index (χ1v) is 11.4. The summed E-state index contributed by atoms with van der Waals surface area (Å²) in [4.78, 5) is 32.9. The molecule has 0 spiro atoms. The maximum Gasteiger partial charge on any atom is 0.259 e. The fourth-order valence-electron chi connectivity index (χ4n) is 4.53. The Morgan fingerprint density at radius 2 is 1.61 bits per heavy atom. The molecule has 1 N–H and O–H groups in total. The van der Waals surface area contributed by atoms with Gasteiger partial charge in [-0.1, -0.05) is 43.3 Å². The molecule has 1 atom stereocenters. The second-order valence-corrected chi connectivity index (χ2v) is 8.31. The van der Waals surface area contributed by atoms with Crippen LogP contribution in [-0.4, -0.2) is 73.5 Å². The molecule has 2 aromatic carbocycles. The Morgan fingerprint density at radius 1 is 0.935 bits per heavy atom. The van der Waals surface area contributed by atoms with Gasteiger partial charge >= 0.3 is 0 Å². The van der Waals surface area contributed by atoms with E-state index in [1.54, 1.807) is 17.0 Å². The van der Waals surface area contributed by atoms with Crippen LogP contribution in [-0.2, 0) is 11.2 Å². The monoisotopic (exact) mass is 420 g/mol. The second kappa shape index (κ2) is 10.1. The van der Waals surface area contributed by atoms with Gasteiger partial charge in [-0.2, -0.15) is 0 Å². The number of nitrogens with zero attached hydrogens (tertiary/aromatic N) is 3. The van der Waals surface area contributed by atoms with Crippen LogP contribution in [0.15, 0.2) is 54.6 Å². The molecule has 1 fully saturated rings. The van der Waals surface area contributed by atoms with Crippen LogP contribution in [0, 0.1) is 0 Å². The van der Waals surface area contributed by atoms with E-state index in [0.717, 1.165) is 56.9 Å². The largest absolute Gasteiger partial charge is 0.354 e. The summed E-state index contributed by atoms with van der Waals surface area (Å²) in [7, 11) is 0. The third-order valence-corrected chi connectivity index (χ3v) is 6.38. The summed E-state index contributed by atoms with van der Waals surface area (Å²) in [5, 5.41) is 3.09. The van der Waals surface area contributed by atoms with E-state index in [1.807, 2.05) is 42.5 Å². The predicted octanol–water partition coefficient (Wildman–Crippen LogP) is 2.40. The maximum absolute atomic E-state index is 13.2. The fourth-order valence-corrected chi connectivity index (χ4v) is 4.53. The normalized spacial score (nSPS) is 19.3. The molecule has 0 radical (unpaired) electrons. The van der Waals surface area contributed by atoms with E-state index >= 15 is 0 Å². The number of amides is 2. The molecule has 2 aromatic rings. The van der Waals surface area contributed by atoms with E-state index in [0.29, 0.717) is 18.5 Å². The van der Waals surface area contributed by atoms with Crippen LogP contribution in [0.5, 0.6) is 0 Å². The van der Waals surface area contributed by atoms with Gasteiger partial charge in [0.1, 0.15) is 6.04 Å². The highest BCUT2D eigenvalue weighted by Crippen LogP contribution is 2.33. The number of rotatable bonds is 7. The molecule has 0 saturated carbocycles. The molecule has 0 aliphatic carbocycles. The molecule has 2 amide bonds. The van der Waals surface area contributed by atoms with Crippen LogP contribution in [0.4, 0.5) is 5.69 Å². The average molecular weight is 421 g/mol. The number of hydrogen-bond acceptors (Lipinski definition) is 4. The van der Waals surface area contributed by atoms with Gasteiger partial charge in [-0.3, -0.25) is 14.5 Å². The van der Waals surface area contributed by atoms with Crippen molar-refractivity contribution in [2.24, 2.45) is 0 Å². The van der Waals surface area contributed by atoms with Gasteiger partial charge in [0, 0.05) is 50.4 Å². The number of benzene rings is 2. The SMILES string of the molecule is CCN1CCN(CCCNC(=O)C2Cc3ccccc3N2C(=O)c2ccccc2)CC1. The zero-order chi connectivity index (χ0) is 21.6. The van der Waals surface area contributed by atoms with Crippen molar-refractivity contribution in [3.05, 3.63) is 65.7 Å². The minimum atomic E-state index is -0.502. The number of fused-ring (bicyclic) bond motifs is 1. The molecule has 2 aliphatic rings. The Kier molecular flexibility index (Phi) is 6.99. The van der Waals surface area contributed by atoms with Crippen LogP contribution >= 0.6 is 0 Å². The third kappa shape index (κ3) is 4.97. The van der Waals surface area contributed by atoms with Crippen molar-refractivity contribution in [2.75, 3.05) is 50.7 Å². The molecule has 4 rings (SSSR count). The fraction of sp³-hybridized carbons (Fsp3) is 0.440. The first kappa shape index (κ1) is 21.5. The highest BCUT2D eigenvalue weighted by Gasteiger charge is 2.38. The summed E-state index contributed by atoms with van der Waals surface area (Å²) in [6.07, 6.45) is 1.48. The Hall–Kier alpha value is -2.70. The topological polar surface area (TPSA) is 55.9 Å². The van der Waals surface area contributed by atoms with Crippen LogP contribution in [0.1, 0.15) is 29.3 Å². The lowest BCUT2D eigenvalue weighted by atomic mass is 10.1. The van der Waals surface area contributed by atoms with E-state index in [-0.39, 0.29) is 11.8 Å². The first-order valence-electron chi connectivity index (χ1n) is 11.4. The molecule has 6 heteroatoms. The lowest BCUT2D eigenvalue weighted by molar-refractivity contribution is -0.122. The lowest BCUT2D eigenvalue weighted by Gasteiger charge is -2.34. The van der Waals surface area contributed by atoms with E-state index in [2.05, 4.69) is 22.0 Å². The van der Waals surface area contributed by atoms with Gasteiger partial charge in [0.2, 0.25) is 5.91 Å². The number of nitrogens with one attached hydrogen (secondary N) is 1. The highest BCUT2D eigenvalue weighted by molar-refractivity contribution is 6.11. The predicted molar refractivity (Wildman–Crippen MR) is 123 cm³/mol. The Bertz CT molecular complexity index is 893. The summed E-state index contributed by atoms with van der Waals surface area (Å²) < 4.78 is 0. The Balaban J connectivity index is 1.35. The minimum Gasteiger partial charge on any atom is -0.354 e. The van der Waals surface area contributed by atoms with Crippen molar-refractivity contribution in [2.45, 2.75) is 25.8 Å². The average Bonchev–Trinajstić information content (AvgIpc) is 3.22. The van der Waals surface area contributed by atoms with Gasteiger partial charge in [-0.25, -0.2) is 0 Å². The van der Waals surface area contributed by atoms with Gasteiger partial charge in [0.15, 0.2) is 0 Å². The Labute approximate surface area is 184 Å². The molecule has 2 heterocycles. The molecule has 31 heavy (non-hydrogen) atoms. The van der Waals surface area contributed by atoms with E-state index in [4.69, 9.17) is 0 Å². The van der Waals surface area contributed by atoms with Crippen LogP contribution < -0.4 is 10.2 Å². The molecule has 6 nitrogen and oxygen atoms in total. The van der Waals surface area contributed by atoms with Crippen LogP contribution in [0.2, 0.25) is 0 Å². The van der Waals surface area contributed by atoms with Gasteiger partial charge in [-0.05, 0) is 43.3 Å². The number of carbonyl (C=O) groups excluding carboxylic acids is 2. The minimum absolute atomic E-state index is 0.0729. The number of piperazine rings is 1. The number of anilines is 1. The molecule has 1 saturated heterocycles. The van der Waals surface area contributed by atoms with E-state index < -0.39 is 6.04 Å². The third-order valence-electron chi connectivity index (χ3n) is 6.38. The van der Waals surface area contributed by atoms with Gasteiger partial charge in [0.05, 0.1) is 0 Å². The highest BCUT2D eigenvalue weighted by atomic mass is 16.2.